The van der Waals surface area contributed by atoms with Crippen LogP contribution in [0.15, 0.2) is 18.2 Å². The van der Waals surface area contributed by atoms with Gasteiger partial charge in [0.15, 0.2) is 0 Å². The molecule has 3 unspecified atom stereocenters. The van der Waals surface area contributed by atoms with Crippen molar-refractivity contribution in [3.05, 3.63) is 29.8 Å². The molecule has 3 heterocycles. The molecule has 101 valence electrons. The monoisotopic (exact) mass is 260 g/mol. The molecule has 1 aromatic carbocycles. The normalized spacial score (nSPS) is 31.1. The van der Waals surface area contributed by atoms with Crippen molar-refractivity contribution in [3.63, 3.8) is 0 Å². The van der Waals surface area contributed by atoms with Gasteiger partial charge in [0.25, 0.3) is 0 Å². The van der Waals surface area contributed by atoms with Gasteiger partial charge in [0.05, 0.1) is 38.1 Å². The van der Waals surface area contributed by atoms with Crippen LogP contribution in [-0.2, 0) is 20.6 Å². The summed E-state index contributed by atoms with van der Waals surface area (Å²) >= 11 is 0. The summed E-state index contributed by atoms with van der Waals surface area (Å²) in [5, 5.41) is 0. The Kier molecular flexibility index (Phi) is 2.94. The summed E-state index contributed by atoms with van der Waals surface area (Å²) < 4.78 is 16.1. The Labute approximate surface area is 113 Å². The number of nitrogens with zero attached hydrogens (tertiary/aromatic N) is 1. The Bertz CT molecular complexity index is 438. The molecule has 0 spiro atoms. The van der Waals surface area contributed by atoms with Gasteiger partial charge in [-0.25, -0.2) is 0 Å². The van der Waals surface area contributed by atoms with E-state index in [1.165, 1.54) is 11.3 Å². The molecule has 0 aliphatic carbocycles. The van der Waals surface area contributed by atoms with Gasteiger partial charge in [0, 0.05) is 25.2 Å². The summed E-state index contributed by atoms with van der Waals surface area (Å²) in [5.41, 5.74) is 2.52. The van der Waals surface area contributed by atoms with Gasteiger partial charge in [-0.05, 0) is 17.7 Å². The zero-order chi connectivity index (χ0) is 12.7. The van der Waals surface area contributed by atoms with Crippen LogP contribution >= 0.6 is 0 Å². The first-order chi connectivity index (χ1) is 9.38. The second-order valence-electron chi connectivity index (χ2n) is 5.51. The van der Waals surface area contributed by atoms with Crippen LogP contribution in [0.4, 0.5) is 5.69 Å². The number of ether oxygens (including phenoxy) is 3. The van der Waals surface area contributed by atoms with Crippen LogP contribution in [0.5, 0.6) is 0 Å². The minimum absolute atomic E-state index is 0.393. The first-order valence-corrected chi connectivity index (χ1v) is 6.98. The van der Waals surface area contributed by atoms with Crippen molar-refractivity contribution in [1.82, 2.24) is 0 Å². The Hall–Kier alpha value is -1.10. The smallest absolute Gasteiger partial charge is 0.0984 e. The summed E-state index contributed by atoms with van der Waals surface area (Å²) in [6.45, 7) is 4.57. The highest BCUT2D eigenvalue weighted by Gasteiger charge is 2.32. The molecule has 0 aromatic heterocycles. The maximum atomic E-state index is 5.38. The van der Waals surface area contributed by atoms with E-state index in [9.17, 15) is 0 Å². The lowest BCUT2D eigenvalue weighted by Gasteiger charge is -2.25. The van der Waals surface area contributed by atoms with Crippen molar-refractivity contribution in [3.8, 4) is 0 Å². The molecule has 3 fully saturated rings. The van der Waals surface area contributed by atoms with Crippen molar-refractivity contribution in [1.29, 1.82) is 0 Å². The predicted octanol–water partition coefficient (Wildman–Crippen LogP) is 1.03. The second kappa shape index (κ2) is 4.78. The van der Waals surface area contributed by atoms with Crippen molar-refractivity contribution < 1.29 is 14.2 Å². The molecule has 19 heavy (non-hydrogen) atoms. The molecule has 1 radical (unpaired) electrons. The van der Waals surface area contributed by atoms with E-state index in [-0.39, 0.29) is 0 Å². The molecule has 3 aliphatic heterocycles. The molecular formula is C15H18NO3. The zero-order valence-corrected chi connectivity index (χ0v) is 10.9. The second-order valence-corrected chi connectivity index (χ2v) is 5.51. The molecule has 4 rings (SSSR count). The van der Waals surface area contributed by atoms with E-state index in [1.54, 1.807) is 0 Å². The fourth-order valence-electron chi connectivity index (χ4n) is 2.45. The molecule has 3 aliphatic rings. The zero-order valence-electron chi connectivity index (χ0n) is 10.9. The Morgan fingerprint density at radius 2 is 1.68 bits per heavy atom. The first-order valence-electron chi connectivity index (χ1n) is 6.98. The summed E-state index contributed by atoms with van der Waals surface area (Å²) in [4.78, 5) is 2.39. The maximum absolute atomic E-state index is 5.38. The summed E-state index contributed by atoms with van der Waals surface area (Å²) in [6, 6.07) is 9.60. The number of rotatable bonds is 7. The first kappa shape index (κ1) is 11.7. The van der Waals surface area contributed by atoms with Crippen molar-refractivity contribution in [2.24, 2.45) is 0 Å². The number of hydrogen-bond donors (Lipinski definition) is 0. The van der Waals surface area contributed by atoms with Crippen LogP contribution in [0.3, 0.4) is 0 Å². The van der Waals surface area contributed by atoms with Crippen LogP contribution in [0.25, 0.3) is 0 Å². The van der Waals surface area contributed by atoms with Gasteiger partial charge in [0.2, 0.25) is 0 Å². The van der Waals surface area contributed by atoms with Crippen LogP contribution in [0, 0.1) is 6.07 Å². The molecule has 3 atom stereocenters. The van der Waals surface area contributed by atoms with E-state index in [2.05, 4.69) is 23.1 Å². The lowest BCUT2D eigenvalue weighted by molar-refractivity contribution is 0.388. The molecule has 4 heteroatoms. The third-order valence-corrected chi connectivity index (χ3v) is 3.74. The van der Waals surface area contributed by atoms with E-state index in [0.29, 0.717) is 18.3 Å². The highest BCUT2D eigenvalue weighted by atomic mass is 16.6. The predicted molar refractivity (Wildman–Crippen MR) is 70.4 cm³/mol. The Balaban J connectivity index is 1.54. The molecule has 4 nitrogen and oxygen atoms in total. The Morgan fingerprint density at radius 1 is 1.05 bits per heavy atom. The quantitative estimate of drug-likeness (QED) is 0.687. The van der Waals surface area contributed by atoms with Gasteiger partial charge in [-0.1, -0.05) is 12.1 Å². The average molecular weight is 260 g/mol. The SMILES string of the molecule is [c]1cccc(N(CC2CO2)CC2CO2)c1CC1CO1. The van der Waals surface area contributed by atoms with Gasteiger partial charge in [0.1, 0.15) is 0 Å². The minimum Gasteiger partial charge on any atom is -0.373 e. The van der Waals surface area contributed by atoms with Crippen LogP contribution in [0.1, 0.15) is 5.56 Å². The highest BCUT2D eigenvalue weighted by Crippen LogP contribution is 2.28. The number of benzene rings is 1. The number of epoxide rings is 3. The highest BCUT2D eigenvalue weighted by molar-refractivity contribution is 5.54. The number of hydrogen-bond acceptors (Lipinski definition) is 4. The van der Waals surface area contributed by atoms with Gasteiger partial charge >= 0.3 is 0 Å². The van der Waals surface area contributed by atoms with E-state index in [0.717, 1.165) is 39.3 Å². The van der Waals surface area contributed by atoms with Crippen LogP contribution in [-0.4, -0.2) is 51.2 Å². The van der Waals surface area contributed by atoms with E-state index < -0.39 is 0 Å². The van der Waals surface area contributed by atoms with Gasteiger partial charge < -0.3 is 19.1 Å². The van der Waals surface area contributed by atoms with Crippen LogP contribution < -0.4 is 4.90 Å². The fraction of sp³-hybridized carbons (Fsp3) is 0.600. The lowest BCUT2D eigenvalue weighted by Crippen LogP contribution is -2.32. The molecule has 0 saturated carbocycles. The molecular weight excluding hydrogens is 242 g/mol. The number of anilines is 1. The van der Waals surface area contributed by atoms with Crippen LogP contribution in [0.2, 0.25) is 0 Å². The average Bonchev–Trinajstić information content (AvgIpc) is 3.23. The largest absolute Gasteiger partial charge is 0.373 e. The van der Waals surface area contributed by atoms with Crippen molar-refractivity contribution in [2.75, 3.05) is 37.8 Å². The summed E-state index contributed by atoms with van der Waals surface area (Å²) in [7, 11) is 0. The maximum Gasteiger partial charge on any atom is 0.0984 e. The van der Waals surface area contributed by atoms with Crippen molar-refractivity contribution in [2.45, 2.75) is 24.7 Å². The Morgan fingerprint density at radius 3 is 2.26 bits per heavy atom. The molecule has 0 amide bonds. The molecule has 1 aromatic rings. The van der Waals surface area contributed by atoms with Gasteiger partial charge in [-0.2, -0.15) is 0 Å². The molecule has 0 bridgehead atoms. The minimum atomic E-state index is 0.393. The molecule has 3 saturated heterocycles. The van der Waals surface area contributed by atoms with E-state index >= 15 is 0 Å². The third kappa shape index (κ3) is 3.08. The van der Waals surface area contributed by atoms with E-state index in [1.807, 2.05) is 6.07 Å². The van der Waals surface area contributed by atoms with E-state index in [4.69, 9.17) is 14.2 Å². The topological polar surface area (TPSA) is 40.8 Å². The summed E-state index contributed by atoms with van der Waals surface area (Å²) in [5.74, 6) is 0. The van der Waals surface area contributed by atoms with Gasteiger partial charge in [-0.3, -0.25) is 0 Å². The van der Waals surface area contributed by atoms with Gasteiger partial charge in [-0.15, -0.1) is 0 Å². The lowest BCUT2D eigenvalue weighted by atomic mass is 10.1. The fourth-order valence-corrected chi connectivity index (χ4v) is 2.45. The summed E-state index contributed by atoms with van der Waals surface area (Å²) in [6.07, 6.45) is 2.14. The molecule has 0 N–H and O–H groups in total. The standard InChI is InChI=1S/C15H18NO3/c1-2-4-15(11(3-1)5-12-8-17-12)16(6-13-9-18-13)7-14-10-19-14/h1-2,4,12-14H,5-10H2. The van der Waals surface area contributed by atoms with Crippen molar-refractivity contribution >= 4 is 5.69 Å². The third-order valence-electron chi connectivity index (χ3n) is 3.74.